The lowest BCUT2D eigenvalue weighted by Crippen LogP contribution is -2.41. The Kier molecular flexibility index (Phi) is 7.56. The molecule has 0 bridgehead atoms. The van der Waals surface area contributed by atoms with Crippen LogP contribution in [0.4, 0.5) is 10.5 Å². The van der Waals surface area contributed by atoms with Gasteiger partial charge in [-0.25, -0.2) is 9.59 Å². The molecule has 3 N–H and O–H groups in total. The first-order valence-corrected chi connectivity index (χ1v) is 8.92. The van der Waals surface area contributed by atoms with E-state index in [0.29, 0.717) is 5.56 Å². The fraction of sp³-hybridized carbons (Fsp3) is 0.286. The molecule has 0 saturated heterocycles. The predicted molar refractivity (Wildman–Crippen MR) is 105 cm³/mol. The first kappa shape index (κ1) is 21.0. The summed E-state index contributed by atoms with van der Waals surface area (Å²) in [7, 11) is 1.79. The number of nitrogens with one attached hydrogen (secondary N) is 2. The van der Waals surface area contributed by atoms with Gasteiger partial charge in [-0.1, -0.05) is 30.3 Å². The molecular formula is C21H24N2O5. The van der Waals surface area contributed by atoms with Crippen molar-refractivity contribution in [1.82, 2.24) is 5.32 Å². The summed E-state index contributed by atoms with van der Waals surface area (Å²) >= 11 is 0. The number of alkyl carbamates (subject to hydrolysis) is 1. The number of hydrogen-bond acceptors (Lipinski definition) is 5. The van der Waals surface area contributed by atoms with Gasteiger partial charge in [0.2, 0.25) is 0 Å². The number of carbonyl (C=O) groups is 3. The molecular weight excluding hydrogens is 360 g/mol. The van der Waals surface area contributed by atoms with E-state index in [1.54, 1.807) is 31.3 Å². The molecule has 0 aliphatic rings. The maximum atomic E-state index is 12.4. The number of carboxylic acid groups (broad SMARTS) is 1. The topological polar surface area (TPSA) is 105 Å². The normalized spacial score (nSPS) is 11.4. The predicted octanol–water partition coefficient (Wildman–Crippen LogP) is 3.38. The maximum absolute atomic E-state index is 12.4. The number of carbonyl (C=O) groups excluding carboxylic acids is 2. The second-order valence-electron chi connectivity index (χ2n) is 6.34. The van der Waals surface area contributed by atoms with E-state index in [1.807, 2.05) is 31.2 Å². The third-order valence-corrected chi connectivity index (χ3v) is 4.28. The fourth-order valence-corrected chi connectivity index (χ4v) is 2.71. The van der Waals surface area contributed by atoms with Crippen molar-refractivity contribution in [2.45, 2.75) is 32.4 Å². The Morgan fingerprint density at radius 2 is 1.82 bits per heavy atom. The number of anilines is 1. The van der Waals surface area contributed by atoms with E-state index in [2.05, 4.69) is 10.6 Å². The van der Waals surface area contributed by atoms with Gasteiger partial charge in [0, 0.05) is 24.7 Å². The van der Waals surface area contributed by atoms with Crippen LogP contribution in [0, 0.1) is 6.92 Å². The minimum Gasteiger partial charge on any atom is -0.480 e. The van der Waals surface area contributed by atoms with E-state index in [-0.39, 0.29) is 25.2 Å². The number of aliphatic carboxylic acids is 1. The van der Waals surface area contributed by atoms with Crippen LogP contribution >= 0.6 is 0 Å². The van der Waals surface area contributed by atoms with E-state index in [4.69, 9.17) is 4.74 Å². The molecule has 0 aromatic heterocycles. The van der Waals surface area contributed by atoms with E-state index in [9.17, 15) is 19.5 Å². The first-order chi connectivity index (χ1) is 13.4. The van der Waals surface area contributed by atoms with Crippen LogP contribution in [-0.4, -0.2) is 36.0 Å². The molecule has 2 rings (SSSR count). The van der Waals surface area contributed by atoms with Crippen LogP contribution in [0.2, 0.25) is 0 Å². The zero-order valence-electron chi connectivity index (χ0n) is 15.9. The average Bonchev–Trinajstić information content (AvgIpc) is 2.69. The second-order valence-corrected chi connectivity index (χ2v) is 6.34. The van der Waals surface area contributed by atoms with E-state index >= 15 is 0 Å². The molecule has 2 aromatic rings. The molecule has 0 radical (unpaired) electrons. The molecule has 1 unspecified atom stereocenters. The molecule has 1 atom stereocenters. The standard InChI is InChI=1S/C21H24N2O5/c1-14-12-16(22-2)8-9-17(14)19(24)11-10-18(20(25)26)23-21(27)28-13-15-6-4-3-5-7-15/h3-9,12,18,22H,10-11,13H2,1-2H3,(H,23,27)(H,25,26). The van der Waals surface area contributed by atoms with Crippen LogP contribution in [0.5, 0.6) is 0 Å². The van der Waals surface area contributed by atoms with Crippen molar-refractivity contribution in [3.05, 3.63) is 65.2 Å². The molecule has 28 heavy (non-hydrogen) atoms. The van der Waals surface area contributed by atoms with Gasteiger partial charge >= 0.3 is 12.1 Å². The zero-order chi connectivity index (χ0) is 20.5. The number of hydrogen-bond donors (Lipinski definition) is 3. The van der Waals surface area contributed by atoms with Crippen LogP contribution < -0.4 is 10.6 Å². The number of Topliss-reactive ketones (excluding diaryl/α,β-unsaturated/α-hetero) is 1. The lowest BCUT2D eigenvalue weighted by Gasteiger charge is -2.15. The van der Waals surface area contributed by atoms with Crippen molar-refractivity contribution in [3.8, 4) is 0 Å². The highest BCUT2D eigenvalue weighted by Crippen LogP contribution is 2.17. The Hall–Kier alpha value is -3.35. The van der Waals surface area contributed by atoms with Crippen LogP contribution in [0.3, 0.4) is 0 Å². The zero-order valence-corrected chi connectivity index (χ0v) is 15.9. The molecule has 0 fully saturated rings. The van der Waals surface area contributed by atoms with Gasteiger partial charge < -0.3 is 20.5 Å². The molecule has 0 aliphatic carbocycles. The summed E-state index contributed by atoms with van der Waals surface area (Å²) in [5, 5.41) is 14.6. The summed E-state index contributed by atoms with van der Waals surface area (Å²) in [5.41, 5.74) is 3.02. The van der Waals surface area contributed by atoms with Crippen LogP contribution in [0.25, 0.3) is 0 Å². The van der Waals surface area contributed by atoms with Crippen molar-refractivity contribution in [1.29, 1.82) is 0 Å². The highest BCUT2D eigenvalue weighted by molar-refractivity contribution is 5.98. The second kappa shape index (κ2) is 10.1. The van der Waals surface area contributed by atoms with Gasteiger partial charge in [-0.3, -0.25) is 4.79 Å². The first-order valence-electron chi connectivity index (χ1n) is 8.92. The van der Waals surface area contributed by atoms with Crippen LogP contribution in [-0.2, 0) is 16.1 Å². The summed E-state index contributed by atoms with van der Waals surface area (Å²) in [6, 6.07) is 13.2. The molecule has 0 aliphatic heterocycles. The third kappa shape index (κ3) is 6.12. The van der Waals surface area contributed by atoms with Crippen molar-refractivity contribution in [3.63, 3.8) is 0 Å². The SMILES string of the molecule is CNc1ccc(C(=O)CCC(NC(=O)OCc2ccccc2)C(=O)O)c(C)c1. The van der Waals surface area contributed by atoms with Gasteiger partial charge in [-0.05, 0) is 42.7 Å². The molecule has 0 heterocycles. The number of aryl methyl sites for hydroxylation is 1. The van der Waals surface area contributed by atoms with Crippen molar-refractivity contribution in [2.75, 3.05) is 12.4 Å². The third-order valence-electron chi connectivity index (χ3n) is 4.28. The minimum absolute atomic E-state index is 0.00429. The summed E-state index contributed by atoms with van der Waals surface area (Å²) in [6.45, 7) is 1.86. The maximum Gasteiger partial charge on any atom is 0.408 e. The monoisotopic (exact) mass is 384 g/mol. The molecule has 7 heteroatoms. The lowest BCUT2D eigenvalue weighted by molar-refractivity contribution is -0.139. The number of ketones is 1. The van der Waals surface area contributed by atoms with E-state index in [1.165, 1.54) is 0 Å². The summed E-state index contributed by atoms with van der Waals surface area (Å²) in [6.07, 6.45) is -0.865. The molecule has 0 saturated carbocycles. The Morgan fingerprint density at radius 3 is 2.43 bits per heavy atom. The highest BCUT2D eigenvalue weighted by atomic mass is 16.5. The molecule has 2 aromatic carbocycles. The Balaban J connectivity index is 1.89. The van der Waals surface area contributed by atoms with E-state index < -0.39 is 18.1 Å². The highest BCUT2D eigenvalue weighted by Gasteiger charge is 2.22. The average molecular weight is 384 g/mol. The molecule has 0 spiro atoms. The lowest BCUT2D eigenvalue weighted by atomic mass is 9.99. The van der Waals surface area contributed by atoms with Gasteiger partial charge in [0.1, 0.15) is 12.6 Å². The molecule has 148 valence electrons. The molecule has 7 nitrogen and oxygen atoms in total. The number of carboxylic acids is 1. The summed E-state index contributed by atoms with van der Waals surface area (Å²) in [5.74, 6) is -1.39. The van der Waals surface area contributed by atoms with Crippen LogP contribution in [0.15, 0.2) is 48.5 Å². The largest absolute Gasteiger partial charge is 0.480 e. The van der Waals surface area contributed by atoms with Gasteiger partial charge in [-0.15, -0.1) is 0 Å². The quantitative estimate of drug-likeness (QED) is 0.573. The Morgan fingerprint density at radius 1 is 1.11 bits per heavy atom. The van der Waals surface area contributed by atoms with Gasteiger partial charge in [0.05, 0.1) is 0 Å². The molecule has 1 amide bonds. The Labute approximate surface area is 163 Å². The fourth-order valence-electron chi connectivity index (χ4n) is 2.71. The number of ether oxygens (including phenoxy) is 1. The van der Waals surface area contributed by atoms with Gasteiger partial charge in [0.25, 0.3) is 0 Å². The number of benzene rings is 2. The van der Waals surface area contributed by atoms with Crippen molar-refractivity contribution < 1.29 is 24.2 Å². The van der Waals surface area contributed by atoms with Crippen molar-refractivity contribution >= 4 is 23.5 Å². The van der Waals surface area contributed by atoms with Gasteiger partial charge in [-0.2, -0.15) is 0 Å². The van der Waals surface area contributed by atoms with Crippen molar-refractivity contribution in [2.24, 2.45) is 0 Å². The number of rotatable bonds is 9. The Bertz CT molecular complexity index is 836. The summed E-state index contributed by atoms with van der Waals surface area (Å²) in [4.78, 5) is 35.7. The number of amides is 1. The van der Waals surface area contributed by atoms with E-state index in [0.717, 1.165) is 16.8 Å². The smallest absolute Gasteiger partial charge is 0.408 e. The minimum atomic E-state index is -1.22. The van der Waals surface area contributed by atoms with Gasteiger partial charge in [0.15, 0.2) is 5.78 Å². The van der Waals surface area contributed by atoms with Crippen LogP contribution in [0.1, 0.15) is 34.3 Å². The summed E-state index contributed by atoms with van der Waals surface area (Å²) < 4.78 is 5.04.